The highest BCUT2D eigenvalue weighted by Gasteiger charge is 2.14. The molecule has 1 aromatic carbocycles. The minimum absolute atomic E-state index is 0.00534. The number of carbonyl (C=O) groups excluding carboxylic acids is 1. The Morgan fingerprint density at radius 1 is 0.800 bits per heavy atom. The van der Waals surface area contributed by atoms with E-state index >= 15 is 0 Å². The van der Waals surface area contributed by atoms with Crippen LogP contribution in [0.25, 0.3) is 0 Å². The van der Waals surface area contributed by atoms with E-state index in [1.807, 2.05) is 0 Å². The summed E-state index contributed by atoms with van der Waals surface area (Å²) in [5.74, 6) is -2.39. The maximum Gasteiger partial charge on any atom is 0.338 e. The number of carbonyl (C=O) groups is 1. The van der Waals surface area contributed by atoms with E-state index in [-0.39, 0.29) is 12.2 Å². The van der Waals surface area contributed by atoms with Gasteiger partial charge in [0.2, 0.25) is 0 Å². The SMILES string of the molecule is CCCCCC=CCC=CCC=CCCCCCOC(=O)c1cc(O)c(O)c(O)c1. The van der Waals surface area contributed by atoms with Crippen molar-refractivity contribution in [1.82, 2.24) is 0 Å². The molecule has 0 atom stereocenters. The number of esters is 1. The number of unbranched alkanes of at least 4 members (excludes halogenated alkanes) is 6. The van der Waals surface area contributed by atoms with Gasteiger partial charge in [0.15, 0.2) is 17.2 Å². The van der Waals surface area contributed by atoms with Gasteiger partial charge in [0.05, 0.1) is 12.2 Å². The smallest absolute Gasteiger partial charge is 0.338 e. The summed E-state index contributed by atoms with van der Waals surface area (Å²) in [7, 11) is 0. The second kappa shape index (κ2) is 16.1. The minimum atomic E-state index is -0.648. The Kier molecular flexibility index (Phi) is 13.6. The Morgan fingerprint density at radius 2 is 1.33 bits per heavy atom. The van der Waals surface area contributed by atoms with E-state index < -0.39 is 23.2 Å². The van der Waals surface area contributed by atoms with E-state index in [0.29, 0.717) is 0 Å². The van der Waals surface area contributed by atoms with Crippen molar-refractivity contribution in [3.63, 3.8) is 0 Å². The van der Waals surface area contributed by atoms with Gasteiger partial charge in [-0.2, -0.15) is 0 Å². The zero-order valence-corrected chi connectivity index (χ0v) is 18.1. The van der Waals surface area contributed by atoms with Gasteiger partial charge in [0.25, 0.3) is 0 Å². The third kappa shape index (κ3) is 11.3. The van der Waals surface area contributed by atoms with Crippen LogP contribution in [0.3, 0.4) is 0 Å². The lowest BCUT2D eigenvalue weighted by molar-refractivity contribution is 0.0497. The first-order valence-corrected chi connectivity index (χ1v) is 10.9. The van der Waals surface area contributed by atoms with E-state index in [0.717, 1.165) is 50.7 Å². The molecule has 0 saturated carbocycles. The normalized spacial score (nSPS) is 11.8. The fraction of sp³-hybridized carbons (Fsp3) is 0.480. The van der Waals surface area contributed by atoms with Crippen molar-refractivity contribution in [1.29, 1.82) is 0 Å². The summed E-state index contributed by atoms with van der Waals surface area (Å²) >= 11 is 0. The van der Waals surface area contributed by atoms with Crippen molar-refractivity contribution in [2.24, 2.45) is 0 Å². The molecule has 0 radical (unpaired) electrons. The van der Waals surface area contributed by atoms with Crippen LogP contribution in [0, 0.1) is 0 Å². The van der Waals surface area contributed by atoms with Gasteiger partial charge in [-0.25, -0.2) is 4.79 Å². The monoisotopic (exact) mass is 416 g/mol. The number of rotatable bonds is 15. The number of phenols is 3. The van der Waals surface area contributed by atoms with Gasteiger partial charge in [0, 0.05) is 0 Å². The summed E-state index contributed by atoms with van der Waals surface area (Å²) in [5.41, 5.74) is 0.00534. The van der Waals surface area contributed by atoms with Gasteiger partial charge >= 0.3 is 5.97 Å². The topological polar surface area (TPSA) is 87.0 Å². The van der Waals surface area contributed by atoms with Crippen molar-refractivity contribution in [3.05, 3.63) is 54.2 Å². The number of ether oxygens (including phenoxy) is 1. The maximum absolute atomic E-state index is 11.9. The Labute approximate surface area is 180 Å². The second-order valence-electron chi connectivity index (χ2n) is 7.23. The molecule has 0 heterocycles. The van der Waals surface area contributed by atoms with Gasteiger partial charge in [-0.1, -0.05) is 56.2 Å². The molecular formula is C25H36O5. The second-order valence-corrected chi connectivity index (χ2v) is 7.23. The third-order valence-corrected chi connectivity index (χ3v) is 4.57. The van der Waals surface area contributed by atoms with Crippen molar-refractivity contribution >= 4 is 5.97 Å². The van der Waals surface area contributed by atoms with Gasteiger partial charge < -0.3 is 20.1 Å². The fourth-order valence-electron chi connectivity index (χ4n) is 2.80. The van der Waals surface area contributed by atoms with Crippen LogP contribution in [-0.2, 0) is 4.74 Å². The van der Waals surface area contributed by atoms with Crippen LogP contribution in [0.15, 0.2) is 48.6 Å². The number of benzene rings is 1. The molecule has 0 spiro atoms. The lowest BCUT2D eigenvalue weighted by atomic mass is 10.1. The van der Waals surface area contributed by atoms with E-state index in [2.05, 4.69) is 43.4 Å². The molecule has 0 aromatic heterocycles. The zero-order chi connectivity index (χ0) is 22.0. The first-order chi connectivity index (χ1) is 14.6. The average Bonchev–Trinajstić information content (AvgIpc) is 2.73. The summed E-state index contributed by atoms with van der Waals surface area (Å²) < 4.78 is 5.12. The number of aromatic hydroxyl groups is 3. The number of hydrogen-bond donors (Lipinski definition) is 3. The Hall–Kier alpha value is -2.69. The van der Waals surface area contributed by atoms with Gasteiger partial charge in [-0.3, -0.25) is 0 Å². The molecule has 5 heteroatoms. The van der Waals surface area contributed by atoms with Gasteiger partial charge in [0.1, 0.15) is 0 Å². The molecule has 5 nitrogen and oxygen atoms in total. The van der Waals surface area contributed by atoms with E-state index in [1.165, 1.54) is 25.7 Å². The highest BCUT2D eigenvalue weighted by molar-refractivity contribution is 5.91. The van der Waals surface area contributed by atoms with E-state index in [1.54, 1.807) is 0 Å². The summed E-state index contributed by atoms with van der Waals surface area (Å²) in [6.45, 7) is 2.50. The summed E-state index contributed by atoms with van der Waals surface area (Å²) in [6, 6.07) is 2.14. The van der Waals surface area contributed by atoms with Crippen molar-refractivity contribution in [2.75, 3.05) is 6.61 Å². The maximum atomic E-state index is 11.9. The molecule has 0 saturated heterocycles. The lowest BCUT2D eigenvalue weighted by Gasteiger charge is -2.07. The molecule has 1 rings (SSSR count). The zero-order valence-electron chi connectivity index (χ0n) is 18.1. The van der Waals surface area contributed by atoms with E-state index in [4.69, 9.17) is 4.74 Å². The number of phenolic OH excluding ortho intramolecular Hbond substituents is 3. The molecule has 30 heavy (non-hydrogen) atoms. The summed E-state index contributed by atoms with van der Waals surface area (Å²) in [4.78, 5) is 11.9. The first-order valence-electron chi connectivity index (χ1n) is 10.9. The molecule has 0 aliphatic rings. The van der Waals surface area contributed by atoms with Crippen molar-refractivity contribution in [3.8, 4) is 17.2 Å². The highest BCUT2D eigenvalue weighted by atomic mass is 16.5. The van der Waals surface area contributed by atoms with E-state index in [9.17, 15) is 20.1 Å². The Balaban J connectivity index is 2.03. The third-order valence-electron chi connectivity index (χ3n) is 4.57. The average molecular weight is 417 g/mol. The molecule has 0 unspecified atom stereocenters. The first kappa shape index (κ1) is 25.3. The van der Waals surface area contributed by atoms with Crippen molar-refractivity contribution < 1.29 is 24.9 Å². The molecule has 0 aliphatic carbocycles. The molecule has 3 N–H and O–H groups in total. The fourth-order valence-corrected chi connectivity index (χ4v) is 2.80. The van der Waals surface area contributed by atoms with Crippen LogP contribution >= 0.6 is 0 Å². The Bertz CT molecular complexity index is 680. The molecule has 0 fully saturated rings. The molecule has 0 amide bonds. The molecule has 166 valence electrons. The van der Waals surface area contributed by atoms with Crippen LogP contribution < -0.4 is 0 Å². The van der Waals surface area contributed by atoms with Gasteiger partial charge in [-0.15, -0.1) is 0 Å². The lowest BCUT2D eigenvalue weighted by Crippen LogP contribution is -2.06. The van der Waals surface area contributed by atoms with Crippen LogP contribution in [-0.4, -0.2) is 27.9 Å². The predicted octanol–water partition coefficient (Wildman–Crippen LogP) is 6.55. The summed E-state index contributed by atoms with van der Waals surface area (Å²) in [6.07, 6.45) is 24.0. The molecular weight excluding hydrogens is 380 g/mol. The number of allylic oxidation sites excluding steroid dienone is 6. The minimum Gasteiger partial charge on any atom is -0.504 e. The highest BCUT2D eigenvalue weighted by Crippen LogP contribution is 2.35. The number of hydrogen-bond acceptors (Lipinski definition) is 5. The van der Waals surface area contributed by atoms with Gasteiger partial charge in [-0.05, 0) is 63.5 Å². The molecule has 1 aromatic rings. The van der Waals surface area contributed by atoms with Crippen LogP contribution in [0.5, 0.6) is 17.2 Å². The molecule has 0 bridgehead atoms. The predicted molar refractivity (Wildman–Crippen MR) is 121 cm³/mol. The standard InChI is InChI=1S/C25H36O5/c1-2-3-4-5-6-7-8-9-10-11-12-13-14-15-16-17-18-30-25(29)21-19-22(26)24(28)23(27)20-21/h6-7,9-10,12-13,19-20,26-28H,2-5,8,11,14-18H2,1H3. The quantitative estimate of drug-likeness (QED) is 0.131. The summed E-state index contributed by atoms with van der Waals surface area (Å²) in [5, 5.41) is 28.1. The van der Waals surface area contributed by atoms with Crippen LogP contribution in [0.1, 0.15) is 81.5 Å². The largest absolute Gasteiger partial charge is 0.504 e. The van der Waals surface area contributed by atoms with Crippen molar-refractivity contribution in [2.45, 2.75) is 71.1 Å². The van der Waals surface area contributed by atoms with Crippen LogP contribution in [0.4, 0.5) is 0 Å². The molecule has 0 aliphatic heterocycles. The Morgan fingerprint density at radius 3 is 1.90 bits per heavy atom. The van der Waals surface area contributed by atoms with Crippen LogP contribution in [0.2, 0.25) is 0 Å².